The van der Waals surface area contributed by atoms with Crippen LogP contribution in [0.4, 0.5) is 0 Å². The highest BCUT2D eigenvalue weighted by Crippen LogP contribution is 2.32. The Morgan fingerprint density at radius 3 is 2.84 bits per heavy atom. The molecule has 2 aromatic heterocycles. The van der Waals surface area contributed by atoms with Crippen molar-refractivity contribution in [3.05, 3.63) is 47.9 Å². The fourth-order valence-electron chi connectivity index (χ4n) is 2.62. The molecule has 0 fully saturated rings. The summed E-state index contributed by atoms with van der Waals surface area (Å²) in [6.45, 7) is 2.86. The third-order valence-electron chi connectivity index (χ3n) is 3.92. The summed E-state index contributed by atoms with van der Waals surface area (Å²) >= 11 is 0. The molecular formula is C20H23N3O2. The number of rotatable bonds is 8. The second kappa shape index (κ2) is 8.33. The number of ether oxygens (including phenoxy) is 2. The van der Waals surface area contributed by atoms with E-state index in [0.717, 1.165) is 41.2 Å². The molecule has 0 bridgehead atoms. The van der Waals surface area contributed by atoms with Crippen molar-refractivity contribution in [1.82, 2.24) is 15.0 Å². The van der Waals surface area contributed by atoms with Gasteiger partial charge in [0.05, 0.1) is 19.2 Å². The molecule has 3 rings (SSSR count). The first-order valence-electron chi connectivity index (χ1n) is 8.60. The van der Waals surface area contributed by atoms with E-state index in [0.29, 0.717) is 12.3 Å². The van der Waals surface area contributed by atoms with Crippen molar-refractivity contribution in [2.45, 2.75) is 26.2 Å². The largest absolute Gasteiger partial charge is 0.493 e. The van der Waals surface area contributed by atoms with E-state index in [1.54, 1.807) is 13.3 Å². The van der Waals surface area contributed by atoms with E-state index in [9.17, 15) is 0 Å². The zero-order valence-corrected chi connectivity index (χ0v) is 14.7. The summed E-state index contributed by atoms with van der Waals surface area (Å²) in [5.74, 6) is 2.27. The SMILES string of the molecule is CCCCCOc1c(/C=C/c2nc3ncccc3[nH]2)cccc1OC. The van der Waals surface area contributed by atoms with E-state index in [2.05, 4.69) is 21.9 Å². The zero-order valence-electron chi connectivity index (χ0n) is 14.7. The second-order valence-electron chi connectivity index (χ2n) is 5.76. The van der Waals surface area contributed by atoms with E-state index >= 15 is 0 Å². The molecule has 1 N–H and O–H groups in total. The van der Waals surface area contributed by atoms with Crippen LogP contribution in [0.1, 0.15) is 37.6 Å². The molecule has 0 aliphatic rings. The minimum absolute atomic E-state index is 0.684. The minimum atomic E-state index is 0.684. The molecule has 0 amide bonds. The maximum absolute atomic E-state index is 5.99. The van der Waals surface area contributed by atoms with Gasteiger partial charge in [-0.2, -0.15) is 0 Å². The maximum atomic E-state index is 5.99. The summed E-state index contributed by atoms with van der Waals surface area (Å²) in [7, 11) is 1.66. The Hall–Kier alpha value is -2.82. The number of unbranched alkanes of at least 4 members (excludes halogenated alkanes) is 2. The van der Waals surface area contributed by atoms with Crippen LogP contribution < -0.4 is 9.47 Å². The van der Waals surface area contributed by atoms with Crippen LogP contribution in [-0.4, -0.2) is 28.7 Å². The Labute approximate surface area is 147 Å². The average molecular weight is 337 g/mol. The predicted octanol–water partition coefficient (Wildman–Crippen LogP) is 4.71. The smallest absolute Gasteiger partial charge is 0.178 e. The number of hydrogen-bond donors (Lipinski definition) is 1. The first kappa shape index (κ1) is 17.0. The lowest BCUT2D eigenvalue weighted by Crippen LogP contribution is -2.00. The predicted molar refractivity (Wildman–Crippen MR) is 101 cm³/mol. The van der Waals surface area contributed by atoms with Crippen molar-refractivity contribution in [1.29, 1.82) is 0 Å². The van der Waals surface area contributed by atoms with Crippen molar-refractivity contribution < 1.29 is 9.47 Å². The standard InChI is InChI=1S/C20H23N3O2/c1-3-4-5-14-25-19-15(8-6-10-17(19)24-2)11-12-18-22-16-9-7-13-21-20(16)23-18/h6-13H,3-5,14H2,1-2H3,(H,21,22,23)/b12-11+. The number of methoxy groups -OCH3 is 1. The van der Waals surface area contributed by atoms with E-state index in [-0.39, 0.29) is 0 Å². The highest BCUT2D eigenvalue weighted by Gasteiger charge is 2.09. The quantitative estimate of drug-likeness (QED) is 0.605. The van der Waals surface area contributed by atoms with E-state index in [1.165, 1.54) is 6.42 Å². The number of H-pyrrole nitrogens is 1. The van der Waals surface area contributed by atoms with Gasteiger partial charge >= 0.3 is 0 Å². The van der Waals surface area contributed by atoms with Gasteiger partial charge in [0.25, 0.3) is 0 Å². The van der Waals surface area contributed by atoms with Gasteiger partial charge in [-0.3, -0.25) is 0 Å². The van der Waals surface area contributed by atoms with Crippen LogP contribution in [0.3, 0.4) is 0 Å². The first-order chi connectivity index (χ1) is 12.3. The summed E-state index contributed by atoms with van der Waals surface area (Å²) in [6.07, 6.45) is 9.01. The van der Waals surface area contributed by atoms with Gasteiger partial charge < -0.3 is 14.5 Å². The maximum Gasteiger partial charge on any atom is 0.178 e. The third kappa shape index (κ3) is 4.18. The molecule has 5 nitrogen and oxygen atoms in total. The van der Waals surface area contributed by atoms with Crippen LogP contribution in [0, 0.1) is 0 Å². The molecule has 25 heavy (non-hydrogen) atoms. The van der Waals surface area contributed by atoms with Gasteiger partial charge in [-0.25, -0.2) is 9.97 Å². The Balaban J connectivity index is 1.82. The molecule has 3 aromatic rings. The lowest BCUT2D eigenvalue weighted by Gasteiger charge is -2.13. The molecule has 0 unspecified atom stereocenters. The topological polar surface area (TPSA) is 60.0 Å². The van der Waals surface area contributed by atoms with E-state index < -0.39 is 0 Å². The fourth-order valence-corrected chi connectivity index (χ4v) is 2.62. The molecule has 0 spiro atoms. The van der Waals surface area contributed by atoms with Crippen molar-refractivity contribution in [3.63, 3.8) is 0 Å². The molecule has 0 saturated heterocycles. The molecule has 1 aromatic carbocycles. The van der Waals surface area contributed by atoms with Crippen molar-refractivity contribution in [2.75, 3.05) is 13.7 Å². The van der Waals surface area contributed by atoms with Gasteiger partial charge in [0.2, 0.25) is 0 Å². The van der Waals surface area contributed by atoms with Crippen LogP contribution in [0.15, 0.2) is 36.5 Å². The number of pyridine rings is 1. The molecule has 0 atom stereocenters. The van der Waals surface area contributed by atoms with Crippen LogP contribution in [0.5, 0.6) is 11.5 Å². The van der Waals surface area contributed by atoms with Crippen molar-refractivity contribution in [2.24, 2.45) is 0 Å². The number of benzene rings is 1. The summed E-state index contributed by atoms with van der Waals surface area (Å²) in [5, 5.41) is 0. The molecule has 0 aliphatic carbocycles. The zero-order chi connectivity index (χ0) is 17.5. The van der Waals surface area contributed by atoms with Crippen LogP contribution in [-0.2, 0) is 0 Å². The van der Waals surface area contributed by atoms with Gasteiger partial charge in [-0.15, -0.1) is 0 Å². The second-order valence-corrected chi connectivity index (χ2v) is 5.76. The van der Waals surface area contributed by atoms with Gasteiger partial charge in [0.1, 0.15) is 5.82 Å². The molecule has 0 aliphatic heterocycles. The monoisotopic (exact) mass is 337 g/mol. The van der Waals surface area contributed by atoms with Crippen molar-refractivity contribution in [3.8, 4) is 11.5 Å². The highest BCUT2D eigenvalue weighted by atomic mass is 16.5. The summed E-state index contributed by atoms with van der Waals surface area (Å²) in [6, 6.07) is 9.73. The molecule has 0 saturated carbocycles. The summed E-state index contributed by atoms with van der Waals surface area (Å²) in [5.41, 5.74) is 2.59. The van der Waals surface area contributed by atoms with Crippen molar-refractivity contribution >= 4 is 23.3 Å². The number of para-hydroxylation sites is 1. The summed E-state index contributed by atoms with van der Waals surface area (Å²) in [4.78, 5) is 11.9. The molecule has 5 heteroatoms. The first-order valence-corrected chi connectivity index (χ1v) is 8.60. The number of nitrogens with zero attached hydrogens (tertiary/aromatic N) is 2. The Kier molecular flexibility index (Phi) is 5.67. The van der Waals surface area contributed by atoms with Crippen LogP contribution >= 0.6 is 0 Å². The number of fused-ring (bicyclic) bond motifs is 1. The van der Waals surface area contributed by atoms with E-state index in [1.807, 2.05) is 42.5 Å². The number of imidazole rings is 1. The number of hydrogen-bond acceptors (Lipinski definition) is 4. The van der Waals surface area contributed by atoms with E-state index in [4.69, 9.17) is 9.47 Å². The third-order valence-corrected chi connectivity index (χ3v) is 3.92. The average Bonchev–Trinajstić information content (AvgIpc) is 3.06. The highest BCUT2D eigenvalue weighted by molar-refractivity contribution is 5.77. The van der Waals surface area contributed by atoms with Gasteiger partial charge in [0.15, 0.2) is 17.1 Å². The Bertz CT molecular complexity index is 822. The lowest BCUT2D eigenvalue weighted by molar-refractivity contribution is 0.285. The molecule has 2 heterocycles. The number of aromatic amines is 1. The molecule has 130 valence electrons. The molecule has 0 radical (unpaired) electrons. The van der Waals surface area contributed by atoms with Gasteiger partial charge in [0, 0.05) is 11.8 Å². The number of aromatic nitrogens is 3. The minimum Gasteiger partial charge on any atom is -0.493 e. The van der Waals surface area contributed by atoms with Gasteiger partial charge in [-0.05, 0) is 36.8 Å². The van der Waals surface area contributed by atoms with Crippen LogP contribution in [0.25, 0.3) is 23.3 Å². The fraction of sp³-hybridized carbons (Fsp3) is 0.300. The Morgan fingerprint density at radius 1 is 1.12 bits per heavy atom. The number of nitrogens with one attached hydrogen (secondary N) is 1. The summed E-state index contributed by atoms with van der Waals surface area (Å²) < 4.78 is 11.4. The van der Waals surface area contributed by atoms with Crippen LogP contribution in [0.2, 0.25) is 0 Å². The molecular weight excluding hydrogens is 314 g/mol. The lowest BCUT2D eigenvalue weighted by atomic mass is 10.1. The normalized spacial score (nSPS) is 11.3. The Morgan fingerprint density at radius 2 is 2.04 bits per heavy atom. The van der Waals surface area contributed by atoms with Gasteiger partial charge in [-0.1, -0.05) is 31.9 Å².